The van der Waals surface area contributed by atoms with Gasteiger partial charge in [-0.1, -0.05) is 241 Å². The summed E-state index contributed by atoms with van der Waals surface area (Å²) in [5, 5.41) is 24.8. The van der Waals surface area contributed by atoms with E-state index in [9.17, 15) is 83.4 Å². The minimum absolute atomic E-state index is 0.00339. The summed E-state index contributed by atoms with van der Waals surface area (Å²) in [6.45, 7) is 12.1. The van der Waals surface area contributed by atoms with Gasteiger partial charge in [-0.25, -0.2) is 58.3 Å². The molecule has 770 valence electrons. The van der Waals surface area contributed by atoms with Crippen molar-refractivity contribution in [2.24, 2.45) is 16.7 Å². The molecular weight excluding hydrogens is 2640 g/mol. The van der Waals surface area contributed by atoms with E-state index in [-0.39, 0.29) is 97.6 Å². The average Bonchev–Trinajstić information content (AvgIpc) is 0.788. The van der Waals surface area contributed by atoms with Crippen molar-refractivity contribution in [2.45, 2.75) is 115 Å². The molecule has 0 fully saturated rings. The van der Waals surface area contributed by atoms with Gasteiger partial charge in [0.1, 0.15) is 89.0 Å². The van der Waals surface area contributed by atoms with Gasteiger partial charge in [0.2, 0.25) is 23.1 Å². The van der Waals surface area contributed by atoms with E-state index in [4.69, 9.17) is 92.8 Å². The van der Waals surface area contributed by atoms with Gasteiger partial charge in [0.15, 0.2) is 5.82 Å². The summed E-state index contributed by atoms with van der Waals surface area (Å²) in [5.74, 6) is 0.483. The maximum Gasteiger partial charge on any atom is 0.573 e. The second-order valence-corrected chi connectivity index (χ2v) is 42.8. The number of hydrazine groups is 1. The number of rotatable bonds is 25. The van der Waals surface area contributed by atoms with Crippen LogP contribution in [-0.4, -0.2) is 80.7 Å². The van der Waals surface area contributed by atoms with E-state index in [1.807, 2.05) is 6.07 Å². The highest BCUT2D eigenvalue weighted by Crippen LogP contribution is 2.39. The van der Waals surface area contributed by atoms with Crippen LogP contribution in [0.4, 0.5) is 159 Å². The molecule has 0 spiro atoms. The Labute approximate surface area is 909 Å². The molecule has 0 bridgehead atoms. The topological polar surface area (TPSA) is 337 Å². The van der Waals surface area contributed by atoms with Crippen molar-refractivity contribution in [3.05, 3.63) is 304 Å². The third kappa shape index (κ3) is 49.8. The van der Waals surface area contributed by atoms with Gasteiger partial charge in [0.05, 0.1) is 32.3 Å². The maximum absolute atomic E-state index is 13.7. The number of nitrogens with one attached hydrogen (secondary N) is 9. The van der Waals surface area contributed by atoms with Gasteiger partial charge in [-0.3, -0.25) is 5.43 Å². The van der Waals surface area contributed by atoms with Crippen molar-refractivity contribution in [2.75, 3.05) is 52.5 Å². The third-order valence-electron chi connectivity index (χ3n) is 15.9. The van der Waals surface area contributed by atoms with Crippen LogP contribution in [0.15, 0.2) is 200 Å². The molecule has 56 heteroatoms. The van der Waals surface area contributed by atoms with E-state index in [1.165, 1.54) is 72.5 Å². The number of halogens is 31. The number of hydrogen-bond donors (Lipinski definition) is 11. The molecule has 0 unspecified atom stereocenters. The molecule has 13 aromatic rings. The Bertz CT molecular complexity index is 6080. The number of hydrazone groups is 1. The fraction of sp³-hybridized carbons (Fsp3) is 0.230. The molecule has 8 heterocycles. The molecule has 13 N–H and O–H groups in total. The number of ether oxygens (including phenoxy) is 1. The lowest BCUT2D eigenvalue weighted by atomic mass is 10.2. The van der Waals surface area contributed by atoms with Crippen LogP contribution in [0.1, 0.15) is 104 Å². The molecule has 0 saturated carbocycles. The first-order chi connectivity index (χ1) is 67.2. The van der Waals surface area contributed by atoms with Gasteiger partial charge in [0, 0.05) is 98.0 Å². The zero-order valence-electron chi connectivity index (χ0n) is 74.0. The Kier molecular flexibility index (Phi) is 54.1. The van der Waals surface area contributed by atoms with Crippen molar-refractivity contribution < 1.29 is 88.2 Å². The van der Waals surface area contributed by atoms with Crippen LogP contribution in [0, 0.1) is 23.3 Å². The van der Waals surface area contributed by atoms with Crippen molar-refractivity contribution in [3.8, 4) is 5.75 Å². The quantitative estimate of drug-likeness (QED) is 0.00291. The van der Waals surface area contributed by atoms with Gasteiger partial charge < -0.3 is 53.1 Å². The molecule has 0 aliphatic rings. The maximum atomic E-state index is 13.7. The number of benzene rings is 5. The highest BCUT2D eigenvalue weighted by atomic mass is 127. The molecule has 0 radical (unpaired) electrons. The van der Waals surface area contributed by atoms with Crippen LogP contribution in [0.5, 0.6) is 5.75 Å². The fourth-order valence-corrected chi connectivity index (χ4v) is 10.8. The smallest absolute Gasteiger partial charge is 0.406 e. The van der Waals surface area contributed by atoms with Crippen LogP contribution in [0.25, 0.3) is 0 Å². The minimum atomic E-state index is -4.91. The summed E-state index contributed by atoms with van der Waals surface area (Å²) >= 11 is 51.7. The number of aromatic nitrogens is 12. The van der Waals surface area contributed by atoms with Crippen molar-refractivity contribution in [1.82, 2.24) is 59.8 Å². The third-order valence-corrected chi connectivity index (χ3v) is 20.2. The molecule has 0 amide bonds. The lowest BCUT2D eigenvalue weighted by Gasteiger charge is -2.13. The van der Waals surface area contributed by atoms with Crippen LogP contribution in [0.2, 0.25) is 36.2 Å². The summed E-state index contributed by atoms with van der Waals surface area (Å²) in [5.41, 5.74) is 8.29. The van der Waals surface area contributed by atoms with E-state index in [1.54, 1.807) is 61.1 Å². The van der Waals surface area contributed by atoms with Gasteiger partial charge >= 0.3 is 31.1 Å². The molecule has 0 atom stereocenters. The lowest BCUT2D eigenvalue weighted by Crippen LogP contribution is -2.17. The Morgan fingerprint density at radius 2 is 0.685 bits per heavy atom. The molecule has 0 aliphatic heterocycles. The average molecular weight is 2720 g/mol. The number of nitrogens with two attached hydrogens (primary N) is 2. The van der Waals surface area contributed by atoms with Gasteiger partial charge in [-0.15, -0.1) is 13.2 Å². The molecule has 13 rings (SSSR count). The molecule has 143 heavy (non-hydrogen) atoms. The normalized spacial score (nSPS) is 11.0. The number of nitrogens with zero attached hydrogens (tertiary/aromatic N) is 13. The summed E-state index contributed by atoms with van der Waals surface area (Å²) in [7, 11) is 0. The van der Waals surface area contributed by atoms with Crippen LogP contribution >= 0.6 is 194 Å². The standard InChI is InChI=1S/C25H17ClF7N7O.C17H11Cl2F4N5.C17H14ClF4N7.C11H5Cl2F4N3.C6H7ClN2.C3H6I2.C3H7I.C3H8.C2H4I2/c26-20-8-3-15(11-34-20)12-35-23-38-21(37-16-4-7-19(27)18(9-16)24(28,29)30)10-22(39-23)40-36-13-14-1-5-17(6-2-14)41-25(31,32)33;18-13-4-1-9(7-24-13)8-25-16-27-14(19)6-15(28-16)26-10-2-3-12(20)11(5-10)17(21,22)23;18-13-4-1-9(7-24-13)8-25-16-27-14(6-15(28-16)29-23)26-10-2-3-12(19)11(5-10)17(20,21)22;12-8-4-9(20-10(13)19-8)18-5-1-2-7(14)6(3-5)11(15,16)17;7-6-2-1-5(3-8)4-9-6;1-2-3(4)5;1-2-3-4;1-3-2;1-2(3)4/h1-11,13H,12H2,(H3,35,37,38,39,40);1-7H,8H2,(H2,25,26,27,28);1-7H,8,23H2,(H3,25,26,27,28,29);1-4H,(H,18,19,20);1-2,4H,3,8H2;3H,2H2,1H3;2-3H2,1H3;3H2,1-2H3;2H,1H3/b36-13+;;;;;;;;. The number of pyridine rings is 4. The first-order valence-corrected chi connectivity index (χ1v) is 49.5. The van der Waals surface area contributed by atoms with Crippen molar-refractivity contribution in [3.63, 3.8) is 0 Å². The first kappa shape index (κ1) is 124. The number of hydrogen-bond acceptors (Lipinski definition) is 25. The summed E-state index contributed by atoms with van der Waals surface area (Å²) in [6.07, 6.45) is -12.7. The second-order valence-electron chi connectivity index (χ2n) is 27.5. The highest BCUT2D eigenvalue weighted by molar-refractivity contribution is 14.2. The Morgan fingerprint density at radius 3 is 0.972 bits per heavy atom. The SMILES string of the molecule is CC(I)I.CCC.CCC(I)I.CCCI.Fc1ccc(Nc2cc(Cl)nc(Cl)n2)cc1C(F)(F)F.Fc1ccc(Nc2cc(Cl)nc(NCc3ccc(Cl)nc3)n2)cc1C(F)(F)F.Fc1ccc(Nc2cc(N/N=C/c3ccc(OC(F)(F)F)cc3)nc(NCc3ccc(Cl)nc3)n2)cc1C(F)(F)F.NCc1ccc(Cl)nc1.NNc1cc(Nc2ccc(F)c(C(F)(F)F)c2)nc(NCc2ccc(Cl)nc2)n1. The predicted octanol–water partition coefficient (Wildman–Crippen LogP) is 31.3. The molecule has 25 nitrogen and oxygen atoms in total. The van der Waals surface area contributed by atoms with Gasteiger partial charge in [-0.05, 0) is 185 Å². The Morgan fingerprint density at radius 1 is 0.392 bits per heavy atom. The zero-order valence-corrected chi connectivity index (χ0v) is 90.0. The van der Waals surface area contributed by atoms with E-state index in [0.717, 1.165) is 74.6 Å². The summed E-state index contributed by atoms with van der Waals surface area (Å²) < 4.78 is 252. The summed E-state index contributed by atoms with van der Waals surface area (Å²) in [6, 6.07) is 33.7. The van der Waals surface area contributed by atoms with E-state index in [2.05, 4.69) is 265 Å². The fourth-order valence-electron chi connectivity index (χ4n) is 9.73. The molecular formula is C87H79Cl7F19I5N24O. The van der Waals surface area contributed by atoms with Crippen LogP contribution in [-0.2, 0) is 50.9 Å². The molecule has 0 saturated heterocycles. The lowest BCUT2D eigenvalue weighted by molar-refractivity contribution is -0.274. The van der Waals surface area contributed by atoms with E-state index >= 15 is 0 Å². The first-order valence-electron chi connectivity index (χ1n) is 40.4. The Hall–Kier alpha value is -9.04. The predicted molar refractivity (Wildman–Crippen MR) is 566 cm³/mol. The van der Waals surface area contributed by atoms with Crippen molar-refractivity contribution >= 4 is 276 Å². The van der Waals surface area contributed by atoms with E-state index < -0.39 is 82.3 Å². The number of nitrogen functional groups attached to an aromatic ring is 1. The number of alkyl halides is 20. The van der Waals surface area contributed by atoms with Crippen LogP contribution < -0.4 is 64.4 Å². The summed E-state index contributed by atoms with van der Waals surface area (Å²) in [4.78, 5) is 47.9. The monoisotopic (exact) mass is 2720 g/mol. The zero-order chi connectivity index (χ0) is 107. The highest BCUT2D eigenvalue weighted by Gasteiger charge is 2.38. The molecule has 5 aromatic carbocycles. The minimum Gasteiger partial charge on any atom is -0.406 e. The van der Waals surface area contributed by atoms with E-state index in [0.29, 0.717) is 82.2 Å². The van der Waals surface area contributed by atoms with Crippen molar-refractivity contribution in [1.29, 1.82) is 0 Å². The molecule has 0 aliphatic carbocycles. The second kappa shape index (κ2) is 62.2. The van der Waals surface area contributed by atoms with Crippen LogP contribution in [0.3, 0.4) is 0 Å². The van der Waals surface area contributed by atoms with Gasteiger partial charge in [0.25, 0.3) is 0 Å². The largest absolute Gasteiger partial charge is 0.573 e. The Balaban J connectivity index is 0.000000316. The molecule has 8 aromatic heterocycles. The number of anilines is 13. The van der Waals surface area contributed by atoms with Gasteiger partial charge in [-0.2, -0.15) is 82.7 Å².